The SMILES string of the molecule is CNS(=O)(=O)c1ccc2ccn(-c3cc(Nc4ccc(C)cc4)ncn3)c2c1. The molecule has 142 valence electrons. The zero-order chi connectivity index (χ0) is 19.7. The van der Waals surface area contributed by atoms with Crippen LogP contribution in [0.5, 0.6) is 0 Å². The molecule has 0 aliphatic rings. The van der Waals surface area contributed by atoms with Crippen molar-refractivity contribution in [2.24, 2.45) is 0 Å². The zero-order valence-electron chi connectivity index (χ0n) is 15.4. The molecule has 0 saturated heterocycles. The van der Waals surface area contributed by atoms with Crippen LogP contribution in [0.2, 0.25) is 0 Å². The number of rotatable bonds is 5. The van der Waals surface area contributed by atoms with E-state index in [1.54, 1.807) is 18.2 Å². The summed E-state index contributed by atoms with van der Waals surface area (Å²) in [6.45, 7) is 2.03. The minimum absolute atomic E-state index is 0.203. The van der Waals surface area contributed by atoms with Crippen LogP contribution in [0.4, 0.5) is 11.5 Å². The van der Waals surface area contributed by atoms with Crippen LogP contribution >= 0.6 is 0 Å². The number of nitrogens with zero attached hydrogens (tertiary/aromatic N) is 3. The topological polar surface area (TPSA) is 88.9 Å². The minimum Gasteiger partial charge on any atom is -0.340 e. The fourth-order valence-corrected chi connectivity index (χ4v) is 3.67. The van der Waals surface area contributed by atoms with E-state index in [0.29, 0.717) is 11.6 Å². The molecule has 0 bridgehead atoms. The molecule has 0 amide bonds. The Hall–Kier alpha value is -3.23. The van der Waals surface area contributed by atoms with Gasteiger partial charge in [0.2, 0.25) is 10.0 Å². The summed E-state index contributed by atoms with van der Waals surface area (Å²) in [5.74, 6) is 1.29. The van der Waals surface area contributed by atoms with Crippen molar-refractivity contribution in [3.63, 3.8) is 0 Å². The monoisotopic (exact) mass is 393 g/mol. The predicted octanol–water partition coefficient (Wildman–Crippen LogP) is 3.38. The van der Waals surface area contributed by atoms with Gasteiger partial charge in [-0.05, 0) is 44.3 Å². The smallest absolute Gasteiger partial charge is 0.240 e. The molecule has 0 saturated carbocycles. The lowest BCUT2D eigenvalue weighted by Gasteiger charge is -2.09. The van der Waals surface area contributed by atoms with Crippen molar-refractivity contribution in [2.45, 2.75) is 11.8 Å². The number of hydrogen-bond donors (Lipinski definition) is 2. The van der Waals surface area contributed by atoms with E-state index < -0.39 is 10.0 Å². The van der Waals surface area contributed by atoms with Crippen LogP contribution in [0.25, 0.3) is 16.7 Å². The molecule has 0 aliphatic heterocycles. The van der Waals surface area contributed by atoms with Gasteiger partial charge in [0.25, 0.3) is 0 Å². The Morgan fingerprint density at radius 3 is 2.50 bits per heavy atom. The van der Waals surface area contributed by atoms with Gasteiger partial charge in [-0.15, -0.1) is 0 Å². The average molecular weight is 393 g/mol. The van der Waals surface area contributed by atoms with E-state index in [-0.39, 0.29) is 4.90 Å². The van der Waals surface area contributed by atoms with Crippen LogP contribution in [-0.2, 0) is 10.0 Å². The normalized spacial score (nSPS) is 11.6. The molecular weight excluding hydrogens is 374 g/mol. The maximum Gasteiger partial charge on any atom is 0.240 e. The van der Waals surface area contributed by atoms with E-state index in [1.165, 1.54) is 18.9 Å². The quantitative estimate of drug-likeness (QED) is 0.543. The fraction of sp³-hybridized carbons (Fsp3) is 0.100. The fourth-order valence-electron chi connectivity index (χ4n) is 2.92. The van der Waals surface area contributed by atoms with Gasteiger partial charge in [0.05, 0.1) is 10.4 Å². The summed E-state index contributed by atoms with van der Waals surface area (Å²) in [6.07, 6.45) is 3.34. The molecule has 0 radical (unpaired) electrons. The summed E-state index contributed by atoms with van der Waals surface area (Å²) in [5, 5.41) is 4.17. The van der Waals surface area contributed by atoms with Crippen molar-refractivity contribution in [3.05, 3.63) is 72.7 Å². The maximum atomic E-state index is 12.1. The van der Waals surface area contributed by atoms with E-state index in [2.05, 4.69) is 20.0 Å². The third-order valence-corrected chi connectivity index (χ3v) is 5.88. The van der Waals surface area contributed by atoms with Crippen LogP contribution < -0.4 is 10.0 Å². The highest BCUT2D eigenvalue weighted by atomic mass is 32.2. The lowest BCUT2D eigenvalue weighted by atomic mass is 10.2. The lowest BCUT2D eigenvalue weighted by molar-refractivity contribution is 0.588. The number of fused-ring (bicyclic) bond motifs is 1. The second-order valence-electron chi connectivity index (χ2n) is 6.37. The number of hydrogen-bond acceptors (Lipinski definition) is 5. The van der Waals surface area contributed by atoms with Crippen molar-refractivity contribution in [1.82, 2.24) is 19.3 Å². The largest absolute Gasteiger partial charge is 0.340 e. The number of anilines is 2. The van der Waals surface area contributed by atoms with E-state index >= 15 is 0 Å². The van der Waals surface area contributed by atoms with Crippen molar-refractivity contribution in [1.29, 1.82) is 0 Å². The minimum atomic E-state index is -3.53. The summed E-state index contributed by atoms with van der Waals surface area (Å²) in [4.78, 5) is 8.83. The Labute approximate surface area is 163 Å². The Bertz CT molecular complexity index is 1250. The summed E-state index contributed by atoms with van der Waals surface area (Å²) in [6, 6.07) is 16.7. The predicted molar refractivity (Wildman–Crippen MR) is 110 cm³/mol. The highest BCUT2D eigenvalue weighted by Gasteiger charge is 2.14. The van der Waals surface area contributed by atoms with Crippen LogP contribution in [-0.4, -0.2) is 30.0 Å². The first-order valence-electron chi connectivity index (χ1n) is 8.67. The average Bonchev–Trinajstić information content (AvgIpc) is 3.13. The van der Waals surface area contributed by atoms with Crippen molar-refractivity contribution >= 4 is 32.4 Å². The number of sulfonamides is 1. The van der Waals surface area contributed by atoms with Gasteiger partial charge in [-0.25, -0.2) is 23.1 Å². The number of benzene rings is 2. The Morgan fingerprint density at radius 1 is 0.964 bits per heavy atom. The molecule has 4 aromatic rings. The van der Waals surface area contributed by atoms with E-state index in [9.17, 15) is 8.42 Å². The van der Waals surface area contributed by atoms with Crippen molar-refractivity contribution in [3.8, 4) is 5.82 Å². The number of nitrogens with one attached hydrogen (secondary N) is 2. The molecular formula is C20H19N5O2S. The van der Waals surface area contributed by atoms with Crippen LogP contribution in [0.15, 0.2) is 72.0 Å². The summed E-state index contributed by atoms with van der Waals surface area (Å²) in [7, 11) is -2.13. The van der Waals surface area contributed by atoms with Crippen LogP contribution in [0.3, 0.4) is 0 Å². The molecule has 28 heavy (non-hydrogen) atoms. The third-order valence-electron chi connectivity index (χ3n) is 4.47. The standard InChI is InChI=1S/C20H19N5O2S/c1-14-3-6-16(7-4-14)24-19-12-20(23-13-22-19)25-10-9-15-5-8-17(11-18(15)25)28(26,27)21-2/h3-13,21H,1-2H3,(H,22,23,24). The number of aryl methyl sites for hydroxylation is 1. The Kier molecular flexibility index (Phi) is 4.58. The molecule has 0 fully saturated rings. The maximum absolute atomic E-state index is 12.1. The first-order valence-corrected chi connectivity index (χ1v) is 10.2. The third kappa shape index (κ3) is 3.47. The molecule has 2 N–H and O–H groups in total. The van der Waals surface area contributed by atoms with Gasteiger partial charge in [-0.3, -0.25) is 0 Å². The molecule has 7 nitrogen and oxygen atoms in total. The van der Waals surface area contributed by atoms with Gasteiger partial charge < -0.3 is 9.88 Å². The second-order valence-corrected chi connectivity index (χ2v) is 8.25. The Morgan fingerprint density at radius 2 is 1.75 bits per heavy atom. The summed E-state index contributed by atoms with van der Waals surface area (Å²) in [5.41, 5.74) is 2.85. The van der Waals surface area contributed by atoms with Crippen LogP contribution in [0, 0.1) is 6.92 Å². The van der Waals surface area contributed by atoms with Gasteiger partial charge >= 0.3 is 0 Å². The first kappa shape index (κ1) is 18.1. The second kappa shape index (κ2) is 7.06. The van der Waals surface area contributed by atoms with Gasteiger partial charge in [-0.2, -0.15) is 0 Å². The van der Waals surface area contributed by atoms with E-state index in [4.69, 9.17) is 0 Å². The van der Waals surface area contributed by atoms with E-state index in [1.807, 2.05) is 54.1 Å². The Balaban J connectivity index is 1.73. The highest BCUT2D eigenvalue weighted by Crippen LogP contribution is 2.24. The number of aromatic nitrogens is 3. The van der Waals surface area contributed by atoms with Gasteiger partial charge in [0.15, 0.2) is 0 Å². The first-order chi connectivity index (χ1) is 13.5. The van der Waals surface area contributed by atoms with Gasteiger partial charge in [0.1, 0.15) is 18.0 Å². The highest BCUT2D eigenvalue weighted by molar-refractivity contribution is 7.89. The molecule has 2 aromatic heterocycles. The molecule has 8 heteroatoms. The molecule has 0 atom stereocenters. The molecule has 4 rings (SSSR count). The van der Waals surface area contributed by atoms with E-state index in [0.717, 1.165) is 16.6 Å². The molecule has 0 spiro atoms. The summed E-state index contributed by atoms with van der Waals surface area (Å²) < 4.78 is 28.5. The summed E-state index contributed by atoms with van der Waals surface area (Å²) >= 11 is 0. The molecule has 0 unspecified atom stereocenters. The van der Waals surface area contributed by atoms with Crippen molar-refractivity contribution < 1.29 is 8.42 Å². The van der Waals surface area contributed by atoms with Gasteiger partial charge in [-0.1, -0.05) is 23.8 Å². The zero-order valence-corrected chi connectivity index (χ0v) is 16.2. The lowest BCUT2D eigenvalue weighted by Crippen LogP contribution is -2.18. The molecule has 0 aliphatic carbocycles. The molecule has 2 aromatic carbocycles. The van der Waals surface area contributed by atoms with Gasteiger partial charge in [0, 0.05) is 23.3 Å². The van der Waals surface area contributed by atoms with Crippen LogP contribution in [0.1, 0.15) is 5.56 Å². The van der Waals surface area contributed by atoms with Crippen molar-refractivity contribution in [2.75, 3.05) is 12.4 Å². The molecule has 2 heterocycles.